The first-order valence-electron chi connectivity index (χ1n) is 6.85. The highest BCUT2D eigenvalue weighted by atomic mass is 32.2. The minimum absolute atomic E-state index is 0.308. The summed E-state index contributed by atoms with van der Waals surface area (Å²) in [5.41, 5.74) is -0.796. The Morgan fingerprint density at radius 3 is 1.76 bits per heavy atom. The molecule has 2 nitrogen and oxygen atoms in total. The molecule has 150 valence electrons. The zero-order valence-electron chi connectivity index (χ0n) is 13.5. The Balaban J connectivity index is 4.57. The van der Waals surface area contributed by atoms with Crippen molar-refractivity contribution in [3.8, 4) is 0 Å². The third-order valence-electron chi connectivity index (χ3n) is 2.63. The third kappa shape index (κ3) is 6.45. The van der Waals surface area contributed by atoms with Crippen molar-refractivity contribution in [3.05, 3.63) is 0 Å². The largest absolute Gasteiger partial charge is 0.460 e. The number of ether oxygens (including phenoxy) is 1. The van der Waals surface area contributed by atoms with Crippen molar-refractivity contribution in [2.45, 2.75) is 63.2 Å². The van der Waals surface area contributed by atoms with Crippen LogP contribution in [-0.2, 0) is 9.53 Å². The van der Waals surface area contributed by atoms with Gasteiger partial charge in [-0.25, -0.2) is 0 Å². The van der Waals surface area contributed by atoms with Crippen LogP contribution < -0.4 is 0 Å². The molecule has 0 heterocycles. The summed E-state index contributed by atoms with van der Waals surface area (Å²) < 4.78 is 118. The number of rotatable bonds is 8. The number of carbonyl (C=O) groups is 1. The lowest BCUT2D eigenvalue weighted by Crippen LogP contribution is -2.60. The van der Waals surface area contributed by atoms with Crippen molar-refractivity contribution in [1.82, 2.24) is 0 Å². The number of alkyl halides is 9. The van der Waals surface area contributed by atoms with Crippen LogP contribution in [0.3, 0.4) is 0 Å². The molecule has 0 fully saturated rings. The van der Waals surface area contributed by atoms with Gasteiger partial charge >= 0.3 is 29.9 Å². The Morgan fingerprint density at radius 1 is 0.880 bits per heavy atom. The van der Waals surface area contributed by atoms with Crippen LogP contribution in [0, 0.1) is 0 Å². The Morgan fingerprint density at radius 2 is 1.36 bits per heavy atom. The first-order valence-corrected chi connectivity index (χ1v) is 8.00. The monoisotopic (exact) mass is 408 g/mol. The molecule has 0 unspecified atom stereocenters. The van der Waals surface area contributed by atoms with Crippen molar-refractivity contribution in [1.29, 1.82) is 0 Å². The molecule has 0 atom stereocenters. The van der Waals surface area contributed by atoms with Crippen LogP contribution in [0.25, 0.3) is 0 Å². The molecule has 12 heteroatoms. The first-order chi connectivity index (χ1) is 10.9. The molecule has 0 N–H and O–H groups in total. The quantitative estimate of drug-likeness (QED) is 0.309. The second kappa shape index (κ2) is 7.83. The number of hydrogen-bond donors (Lipinski definition) is 0. The Hall–Kier alpha value is -0.810. The van der Waals surface area contributed by atoms with Gasteiger partial charge in [-0.3, -0.25) is 4.79 Å². The highest BCUT2D eigenvalue weighted by molar-refractivity contribution is 7.99. The zero-order valence-corrected chi connectivity index (χ0v) is 14.3. The standard InChI is InChI=1S/C13H17F9O2S/c1-9(2,3)24-8(23)7-25-6-4-5-10(14,15)11(16,17)12(18,19)13(20,21)22/h4-7H2,1-3H3. The Bertz CT molecular complexity index is 455. The first kappa shape index (κ1) is 24.2. The number of hydrogen-bond acceptors (Lipinski definition) is 3. The van der Waals surface area contributed by atoms with Gasteiger partial charge in [-0.1, -0.05) is 0 Å². The van der Waals surface area contributed by atoms with Crippen LogP contribution >= 0.6 is 11.8 Å². The van der Waals surface area contributed by atoms with Gasteiger partial charge in [0.2, 0.25) is 0 Å². The molecule has 0 radical (unpaired) electrons. The van der Waals surface area contributed by atoms with E-state index in [1.54, 1.807) is 20.8 Å². The summed E-state index contributed by atoms with van der Waals surface area (Å²) in [6.45, 7) is 4.71. The van der Waals surface area contributed by atoms with Crippen LogP contribution in [0.1, 0.15) is 33.6 Å². The fraction of sp³-hybridized carbons (Fsp3) is 0.923. The van der Waals surface area contributed by atoms with E-state index in [1.807, 2.05) is 0 Å². The predicted molar refractivity (Wildman–Crippen MR) is 73.3 cm³/mol. The molecular weight excluding hydrogens is 391 g/mol. The molecule has 0 aliphatic carbocycles. The number of esters is 1. The Kier molecular flexibility index (Phi) is 7.58. The summed E-state index contributed by atoms with van der Waals surface area (Å²) in [6, 6.07) is 0. The lowest BCUT2D eigenvalue weighted by molar-refractivity contribution is -0.396. The zero-order chi connectivity index (χ0) is 20.3. The normalized spacial score (nSPS) is 14.6. The van der Waals surface area contributed by atoms with Gasteiger partial charge in [-0.15, -0.1) is 0 Å². The van der Waals surface area contributed by atoms with Crippen LogP contribution in [0.5, 0.6) is 0 Å². The van der Waals surface area contributed by atoms with E-state index < -0.39 is 48.4 Å². The van der Waals surface area contributed by atoms with Gasteiger partial charge in [0, 0.05) is 6.42 Å². The summed E-state index contributed by atoms with van der Waals surface area (Å²) >= 11 is 0.704. The van der Waals surface area contributed by atoms with Crippen LogP contribution in [-0.4, -0.2) is 47.0 Å². The summed E-state index contributed by atoms with van der Waals surface area (Å²) in [4.78, 5) is 11.3. The molecule has 0 aromatic rings. The van der Waals surface area contributed by atoms with Gasteiger partial charge in [-0.2, -0.15) is 51.3 Å². The fourth-order valence-electron chi connectivity index (χ4n) is 1.49. The third-order valence-corrected chi connectivity index (χ3v) is 3.65. The highest BCUT2D eigenvalue weighted by Gasteiger charge is 2.81. The molecule has 0 amide bonds. The van der Waals surface area contributed by atoms with Gasteiger partial charge in [-0.05, 0) is 32.9 Å². The van der Waals surface area contributed by atoms with E-state index in [9.17, 15) is 44.3 Å². The van der Waals surface area contributed by atoms with E-state index in [1.165, 1.54) is 0 Å². The van der Waals surface area contributed by atoms with Crippen LogP contribution in [0.15, 0.2) is 0 Å². The predicted octanol–water partition coefficient (Wildman–Crippen LogP) is 5.31. The SMILES string of the molecule is CC(C)(C)OC(=O)CSCCCC(F)(F)C(F)(F)C(F)(F)C(F)(F)F. The molecule has 0 spiro atoms. The molecule has 0 aliphatic heterocycles. The van der Waals surface area contributed by atoms with E-state index in [0.717, 1.165) is 0 Å². The van der Waals surface area contributed by atoms with E-state index in [4.69, 9.17) is 4.74 Å². The minimum Gasteiger partial charge on any atom is -0.459 e. The highest BCUT2D eigenvalue weighted by Crippen LogP contribution is 2.54. The van der Waals surface area contributed by atoms with Crippen LogP contribution in [0.4, 0.5) is 39.5 Å². The average Bonchev–Trinajstić information content (AvgIpc) is 2.34. The van der Waals surface area contributed by atoms with Crippen molar-refractivity contribution >= 4 is 17.7 Å². The number of thioether (sulfide) groups is 1. The lowest BCUT2D eigenvalue weighted by Gasteiger charge is -2.33. The topological polar surface area (TPSA) is 26.3 Å². The summed E-state index contributed by atoms with van der Waals surface area (Å²) in [6.07, 6.45) is -9.51. The van der Waals surface area contributed by atoms with Gasteiger partial charge in [0.25, 0.3) is 0 Å². The molecule has 25 heavy (non-hydrogen) atoms. The summed E-state index contributed by atoms with van der Waals surface area (Å²) in [7, 11) is 0. The molecular formula is C13H17F9O2S. The fourth-order valence-corrected chi connectivity index (χ4v) is 2.21. The molecule has 0 aromatic heterocycles. The average molecular weight is 408 g/mol. The second-order valence-corrected chi connectivity index (χ2v) is 7.20. The molecule has 0 rings (SSSR count). The Labute approximate surface area is 142 Å². The second-order valence-electron chi connectivity index (χ2n) is 6.09. The van der Waals surface area contributed by atoms with Gasteiger partial charge in [0.15, 0.2) is 0 Å². The smallest absolute Gasteiger partial charge is 0.459 e. The van der Waals surface area contributed by atoms with Crippen molar-refractivity contribution in [2.75, 3.05) is 11.5 Å². The minimum atomic E-state index is -6.87. The number of carbonyl (C=O) groups excluding carboxylic acids is 1. The molecule has 0 bridgehead atoms. The lowest BCUT2D eigenvalue weighted by atomic mass is 10.00. The van der Waals surface area contributed by atoms with Crippen molar-refractivity contribution < 1.29 is 49.0 Å². The van der Waals surface area contributed by atoms with E-state index in [-0.39, 0.29) is 11.5 Å². The van der Waals surface area contributed by atoms with E-state index >= 15 is 0 Å². The van der Waals surface area contributed by atoms with Gasteiger partial charge in [0.05, 0.1) is 5.75 Å². The maximum absolute atomic E-state index is 13.2. The van der Waals surface area contributed by atoms with Gasteiger partial charge in [0.1, 0.15) is 5.60 Å². The molecule has 0 aromatic carbocycles. The van der Waals surface area contributed by atoms with Crippen LogP contribution in [0.2, 0.25) is 0 Å². The molecule has 0 aliphatic rings. The summed E-state index contributed by atoms with van der Waals surface area (Å²) in [5, 5.41) is 0. The molecule has 0 saturated heterocycles. The summed E-state index contributed by atoms with van der Waals surface area (Å²) in [5.74, 6) is -20.4. The maximum atomic E-state index is 13.2. The van der Waals surface area contributed by atoms with E-state index in [2.05, 4.69) is 0 Å². The van der Waals surface area contributed by atoms with E-state index in [0.29, 0.717) is 11.8 Å². The van der Waals surface area contributed by atoms with Crippen molar-refractivity contribution in [3.63, 3.8) is 0 Å². The van der Waals surface area contributed by atoms with Gasteiger partial charge < -0.3 is 4.74 Å². The van der Waals surface area contributed by atoms with Crippen molar-refractivity contribution in [2.24, 2.45) is 0 Å². The molecule has 0 saturated carbocycles. The number of halogens is 9. The maximum Gasteiger partial charge on any atom is 0.460 e.